The van der Waals surface area contributed by atoms with Gasteiger partial charge in [-0.05, 0) is 51.4 Å². The van der Waals surface area contributed by atoms with Crippen molar-refractivity contribution in [3.63, 3.8) is 0 Å². The standard InChI is InChI=1S/C20H25F4N3O3/c1-18(5-4-15(20(22,23)24)27(18)17(28)29-2)11-30-14-3-6-19(8-12(19)7-14)16-25-9-13(21)10-26-16/h9-10,12,14-15H,3-8,11H2,1-2H3. The van der Waals surface area contributed by atoms with Gasteiger partial charge >= 0.3 is 12.3 Å². The first kappa shape index (κ1) is 21.3. The van der Waals surface area contributed by atoms with Crippen LogP contribution in [0.15, 0.2) is 12.4 Å². The van der Waals surface area contributed by atoms with Gasteiger partial charge in [-0.1, -0.05) is 0 Å². The van der Waals surface area contributed by atoms with Gasteiger partial charge in [-0.25, -0.2) is 19.2 Å². The molecule has 1 aromatic heterocycles. The fraction of sp³-hybridized carbons (Fsp3) is 0.750. The lowest BCUT2D eigenvalue weighted by atomic mass is 9.86. The molecule has 6 nitrogen and oxygen atoms in total. The lowest BCUT2D eigenvalue weighted by molar-refractivity contribution is -0.181. The Morgan fingerprint density at radius 3 is 2.57 bits per heavy atom. The van der Waals surface area contributed by atoms with E-state index < -0.39 is 29.7 Å². The molecule has 5 unspecified atom stereocenters. The molecule has 1 saturated heterocycles. The van der Waals surface area contributed by atoms with E-state index >= 15 is 0 Å². The summed E-state index contributed by atoms with van der Waals surface area (Å²) in [5.41, 5.74) is -1.21. The van der Waals surface area contributed by atoms with Gasteiger partial charge < -0.3 is 9.47 Å². The molecule has 2 saturated carbocycles. The number of hydrogen-bond acceptors (Lipinski definition) is 5. The molecule has 4 rings (SSSR count). The lowest BCUT2D eigenvalue weighted by Crippen LogP contribution is -2.55. The van der Waals surface area contributed by atoms with E-state index in [1.807, 2.05) is 0 Å². The second-order valence-electron chi connectivity index (χ2n) is 8.92. The van der Waals surface area contributed by atoms with Crippen LogP contribution in [0.5, 0.6) is 0 Å². The summed E-state index contributed by atoms with van der Waals surface area (Å²) >= 11 is 0. The van der Waals surface area contributed by atoms with Crippen LogP contribution in [0.25, 0.3) is 0 Å². The summed E-state index contributed by atoms with van der Waals surface area (Å²) < 4.78 is 64.0. The predicted octanol–water partition coefficient (Wildman–Crippen LogP) is 3.99. The number of likely N-dealkylation sites (tertiary alicyclic amines) is 1. The Bertz CT molecular complexity index is 805. The molecule has 30 heavy (non-hydrogen) atoms. The highest BCUT2D eigenvalue weighted by Crippen LogP contribution is 2.61. The highest BCUT2D eigenvalue weighted by Gasteiger charge is 2.61. The average molecular weight is 431 g/mol. The maximum absolute atomic E-state index is 13.4. The van der Waals surface area contributed by atoms with Gasteiger partial charge in [0.25, 0.3) is 0 Å². The fourth-order valence-electron chi connectivity index (χ4n) is 5.22. The topological polar surface area (TPSA) is 64.5 Å². The number of ether oxygens (including phenoxy) is 2. The molecule has 1 aromatic rings. The van der Waals surface area contributed by atoms with E-state index in [-0.39, 0.29) is 31.0 Å². The molecule has 0 bridgehead atoms. The van der Waals surface area contributed by atoms with Crippen molar-refractivity contribution in [1.82, 2.24) is 14.9 Å². The van der Waals surface area contributed by atoms with E-state index in [1.165, 1.54) is 12.4 Å². The summed E-state index contributed by atoms with van der Waals surface area (Å²) in [4.78, 5) is 21.2. The van der Waals surface area contributed by atoms with E-state index in [0.717, 1.165) is 31.3 Å². The van der Waals surface area contributed by atoms with Crippen molar-refractivity contribution in [3.05, 3.63) is 24.0 Å². The number of nitrogens with zero attached hydrogens (tertiary/aromatic N) is 3. The molecule has 5 atom stereocenters. The van der Waals surface area contributed by atoms with E-state index in [1.54, 1.807) is 6.92 Å². The van der Waals surface area contributed by atoms with E-state index in [4.69, 9.17) is 4.74 Å². The monoisotopic (exact) mass is 431 g/mol. The van der Waals surface area contributed by atoms with Crippen LogP contribution in [0.1, 0.15) is 51.3 Å². The molecule has 3 aliphatic rings. The molecular weight excluding hydrogens is 406 g/mol. The first-order chi connectivity index (χ1) is 14.1. The summed E-state index contributed by atoms with van der Waals surface area (Å²) in [6.07, 6.45) is -0.0795. The van der Waals surface area contributed by atoms with Crippen LogP contribution in [0.4, 0.5) is 22.4 Å². The van der Waals surface area contributed by atoms with Crippen LogP contribution >= 0.6 is 0 Å². The Morgan fingerprint density at radius 2 is 1.97 bits per heavy atom. The van der Waals surface area contributed by atoms with E-state index in [0.29, 0.717) is 18.2 Å². The molecule has 3 fully saturated rings. The SMILES string of the molecule is COC(=O)N1C(C(F)(F)F)CCC1(C)COC1CCC2(c3ncc(F)cn3)CC2C1. The maximum atomic E-state index is 13.4. The third-order valence-corrected chi connectivity index (χ3v) is 6.99. The minimum Gasteiger partial charge on any atom is -0.453 e. The molecule has 0 radical (unpaired) electrons. The molecule has 0 N–H and O–H groups in total. The number of aromatic nitrogens is 2. The second kappa shape index (κ2) is 7.32. The average Bonchev–Trinajstić information content (AvgIpc) is 3.33. The van der Waals surface area contributed by atoms with E-state index in [9.17, 15) is 22.4 Å². The smallest absolute Gasteiger partial charge is 0.410 e. The molecule has 2 aliphatic carbocycles. The first-order valence-electron chi connectivity index (χ1n) is 10.1. The van der Waals surface area contributed by atoms with E-state index in [2.05, 4.69) is 14.7 Å². The minimum absolute atomic E-state index is 0.0200. The summed E-state index contributed by atoms with van der Waals surface area (Å²) in [6.45, 7) is 1.64. The van der Waals surface area contributed by atoms with Crippen LogP contribution in [0, 0.1) is 11.7 Å². The largest absolute Gasteiger partial charge is 0.453 e. The lowest BCUT2D eigenvalue weighted by Gasteiger charge is -2.39. The molecule has 166 valence electrons. The van der Waals surface area contributed by atoms with Gasteiger partial charge in [-0.3, -0.25) is 4.90 Å². The number of rotatable bonds is 4. The Hall–Kier alpha value is -1.97. The minimum atomic E-state index is -4.51. The van der Waals surface area contributed by atoms with Gasteiger partial charge in [0.2, 0.25) is 0 Å². The van der Waals surface area contributed by atoms with Gasteiger partial charge in [0.05, 0.1) is 37.8 Å². The predicted molar refractivity (Wildman–Crippen MR) is 97.1 cm³/mol. The number of hydrogen-bond donors (Lipinski definition) is 0. The Morgan fingerprint density at radius 1 is 1.27 bits per heavy atom. The number of methoxy groups -OCH3 is 1. The van der Waals surface area contributed by atoms with Crippen molar-refractivity contribution in [2.24, 2.45) is 5.92 Å². The molecule has 0 spiro atoms. The zero-order chi connectivity index (χ0) is 21.7. The number of alkyl halides is 3. The van der Waals surface area contributed by atoms with Crippen molar-refractivity contribution in [1.29, 1.82) is 0 Å². The molecule has 1 amide bonds. The normalized spacial score (nSPS) is 35.8. The van der Waals surface area contributed by atoms with Crippen LogP contribution < -0.4 is 0 Å². The summed E-state index contributed by atoms with van der Waals surface area (Å²) in [5.74, 6) is 0.499. The van der Waals surface area contributed by atoms with Crippen LogP contribution in [-0.2, 0) is 14.9 Å². The van der Waals surface area contributed by atoms with Gasteiger partial charge in [0.1, 0.15) is 11.9 Å². The fourth-order valence-corrected chi connectivity index (χ4v) is 5.22. The third kappa shape index (κ3) is 3.63. The zero-order valence-corrected chi connectivity index (χ0v) is 16.9. The maximum Gasteiger partial charge on any atom is 0.410 e. The molecule has 1 aliphatic heterocycles. The Kier molecular flexibility index (Phi) is 5.19. The number of carbonyl (C=O) groups excluding carboxylic acids is 1. The highest BCUT2D eigenvalue weighted by atomic mass is 19.4. The van der Waals surface area contributed by atoms with Crippen LogP contribution in [0.3, 0.4) is 0 Å². The quantitative estimate of drug-likeness (QED) is 0.675. The Balaban J connectivity index is 1.38. The van der Waals surface area contributed by atoms with Crippen molar-refractivity contribution in [2.75, 3.05) is 13.7 Å². The highest BCUT2D eigenvalue weighted by molar-refractivity contribution is 5.69. The van der Waals surface area contributed by atoms with Gasteiger partial charge in [0, 0.05) is 5.41 Å². The number of halogens is 4. The second-order valence-corrected chi connectivity index (χ2v) is 8.92. The molecule has 2 heterocycles. The number of carbonyl (C=O) groups is 1. The summed E-state index contributed by atoms with van der Waals surface area (Å²) in [7, 11) is 1.08. The van der Waals surface area contributed by atoms with Crippen LogP contribution in [0.2, 0.25) is 0 Å². The van der Waals surface area contributed by atoms with Crippen LogP contribution in [-0.4, -0.2) is 58.5 Å². The summed E-state index contributed by atoms with van der Waals surface area (Å²) in [6, 6.07) is -1.86. The van der Waals surface area contributed by atoms with Crippen molar-refractivity contribution in [3.8, 4) is 0 Å². The van der Waals surface area contributed by atoms with Crippen molar-refractivity contribution in [2.45, 2.75) is 74.7 Å². The molecule has 0 aromatic carbocycles. The van der Waals surface area contributed by atoms with Crippen molar-refractivity contribution >= 4 is 6.09 Å². The molecule has 10 heteroatoms. The first-order valence-corrected chi connectivity index (χ1v) is 10.1. The molecular formula is C20H25F4N3O3. The Labute approximate surface area is 172 Å². The third-order valence-electron chi connectivity index (χ3n) is 6.99. The zero-order valence-electron chi connectivity index (χ0n) is 16.9. The van der Waals surface area contributed by atoms with Crippen molar-refractivity contribution < 1.29 is 31.8 Å². The van der Waals surface area contributed by atoms with Gasteiger partial charge in [0.15, 0.2) is 5.82 Å². The summed E-state index contributed by atoms with van der Waals surface area (Å²) in [5, 5.41) is 0. The van der Waals surface area contributed by atoms with Gasteiger partial charge in [-0.2, -0.15) is 13.2 Å². The number of amides is 1. The number of fused-ring (bicyclic) bond motifs is 1. The van der Waals surface area contributed by atoms with Gasteiger partial charge in [-0.15, -0.1) is 0 Å².